The fourth-order valence-corrected chi connectivity index (χ4v) is 0.783. The lowest BCUT2D eigenvalue weighted by atomic mass is 10.1. The van der Waals surface area contributed by atoms with Crippen LogP contribution in [0.15, 0.2) is 12.2 Å². The minimum absolute atomic E-state index is 0.837. The lowest BCUT2D eigenvalue weighted by Gasteiger charge is -1.98. The summed E-state index contributed by atoms with van der Waals surface area (Å²) in [5, 5.41) is 0. The average molecular weight is 139 g/mol. The number of hydrogen-bond donors (Lipinski definition) is 0. The Bertz CT molecular complexity index is 80.0. The zero-order chi connectivity index (χ0) is 7.82. The summed E-state index contributed by atoms with van der Waals surface area (Å²) in [7, 11) is 0. The fourth-order valence-electron chi connectivity index (χ4n) is 0.783. The largest absolute Gasteiger partial charge is 0.0885 e. The van der Waals surface area contributed by atoms with Crippen LogP contribution >= 0.6 is 0 Å². The maximum absolute atomic E-state index is 3.77. The average Bonchev–Trinajstić information content (AvgIpc) is 1.87. The van der Waals surface area contributed by atoms with Crippen LogP contribution in [0.5, 0.6) is 0 Å². The number of allylic oxidation sites excluding steroid dienone is 2. The Hall–Kier alpha value is -0.260. The smallest absolute Gasteiger partial charge is 0.0348 e. The number of rotatable bonds is 5. The summed E-state index contributed by atoms with van der Waals surface area (Å²) in [5.41, 5.74) is 0. The van der Waals surface area contributed by atoms with Crippen molar-refractivity contribution >= 4 is 0 Å². The van der Waals surface area contributed by atoms with Crippen molar-refractivity contribution in [3.05, 3.63) is 19.1 Å². The van der Waals surface area contributed by atoms with Crippen molar-refractivity contribution in [3.63, 3.8) is 0 Å². The van der Waals surface area contributed by atoms with Gasteiger partial charge in [-0.1, -0.05) is 32.9 Å². The maximum Gasteiger partial charge on any atom is -0.0348 e. The predicted octanol–water partition coefficient (Wildman–Crippen LogP) is 3.59. The van der Waals surface area contributed by atoms with Crippen LogP contribution in [0.4, 0.5) is 0 Å². The SMILES string of the molecule is [CH2]CC/C=C/CCC(C)C. The standard InChI is InChI=1S/C10H19/c1-4-5-6-7-8-9-10(2)3/h6-7,10H,1,4-5,8-9H2,2-3H3/b7-6+. The highest BCUT2D eigenvalue weighted by Gasteiger charge is 1.88. The quantitative estimate of drug-likeness (QED) is 0.510. The van der Waals surface area contributed by atoms with Gasteiger partial charge in [0, 0.05) is 0 Å². The molecule has 0 atom stereocenters. The molecule has 0 aliphatic rings. The van der Waals surface area contributed by atoms with Crippen molar-refractivity contribution in [3.8, 4) is 0 Å². The van der Waals surface area contributed by atoms with Gasteiger partial charge in [-0.15, -0.1) is 0 Å². The molecule has 0 N–H and O–H groups in total. The van der Waals surface area contributed by atoms with Gasteiger partial charge in [-0.05, 0) is 31.6 Å². The second-order valence-corrected chi connectivity index (χ2v) is 3.08. The molecule has 0 amide bonds. The zero-order valence-electron chi connectivity index (χ0n) is 7.27. The summed E-state index contributed by atoms with van der Waals surface area (Å²) in [6.07, 6.45) is 9.21. The highest BCUT2D eigenvalue weighted by atomic mass is 13.9. The predicted molar refractivity (Wildman–Crippen MR) is 47.8 cm³/mol. The number of hydrogen-bond acceptors (Lipinski definition) is 0. The van der Waals surface area contributed by atoms with Gasteiger partial charge in [-0.25, -0.2) is 0 Å². The molecule has 0 heteroatoms. The first kappa shape index (κ1) is 9.74. The van der Waals surface area contributed by atoms with Crippen LogP contribution in [0.3, 0.4) is 0 Å². The molecule has 0 bridgehead atoms. The first-order valence-corrected chi connectivity index (χ1v) is 4.21. The summed E-state index contributed by atoms with van der Waals surface area (Å²) in [6, 6.07) is 0. The third kappa shape index (κ3) is 7.74. The van der Waals surface area contributed by atoms with E-state index in [1.54, 1.807) is 0 Å². The van der Waals surface area contributed by atoms with E-state index in [1.165, 1.54) is 12.8 Å². The molecule has 1 radical (unpaired) electrons. The molecule has 59 valence electrons. The summed E-state index contributed by atoms with van der Waals surface area (Å²) < 4.78 is 0. The molecule has 0 rings (SSSR count). The molecular formula is C10H19. The molecule has 0 nitrogen and oxygen atoms in total. The highest BCUT2D eigenvalue weighted by Crippen LogP contribution is 2.04. The molecule has 10 heavy (non-hydrogen) atoms. The highest BCUT2D eigenvalue weighted by molar-refractivity contribution is 4.81. The molecule has 0 unspecified atom stereocenters. The molecule has 0 aromatic heterocycles. The molecule has 0 saturated carbocycles. The Labute approximate surface area is 65.3 Å². The summed E-state index contributed by atoms with van der Waals surface area (Å²) in [5.74, 6) is 0.837. The molecular weight excluding hydrogens is 120 g/mol. The third-order valence-corrected chi connectivity index (χ3v) is 1.45. The Morgan fingerprint density at radius 3 is 2.30 bits per heavy atom. The normalized spacial score (nSPS) is 11.6. The van der Waals surface area contributed by atoms with E-state index in [2.05, 4.69) is 32.9 Å². The van der Waals surface area contributed by atoms with E-state index in [9.17, 15) is 0 Å². The zero-order valence-corrected chi connectivity index (χ0v) is 7.27. The first-order chi connectivity index (χ1) is 4.77. The maximum atomic E-state index is 3.77. The molecule has 0 aromatic rings. The van der Waals surface area contributed by atoms with Crippen LogP contribution in [-0.2, 0) is 0 Å². The topological polar surface area (TPSA) is 0 Å². The van der Waals surface area contributed by atoms with Crippen molar-refractivity contribution in [2.45, 2.75) is 39.5 Å². The Morgan fingerprint density at radius 2 is 1.80 bits per heavy atom. The fraction of sp³-hybridized carbons (Fsp3) is 0.700. The minimum atomic E-state index is 0.837. The molecule has 0 aromatic carbocycles. The van der Waals surface area contributed by atoms with Gasteiger partial charge in [-0.3, -0.25) is 0 Å². The van der Waals surface area contributed by atoms with Crippen molar-refractivity contribution in [1.29, 1.82) is 0 Å². The lowest BCUT2D eigenvalue weighted by Crippen LogP contribution is -1.83. The van der Waals surface area contributed by atoms with Gasteiger partial charge in [0.15, 0.2) is 0 Å². The minimum Gasteiger partial charge on any atom is -0.0885 e. The van der Waals surface area contributed by atoms with Gasteiger partial charge in [0.2, 0.25) is 0 Å². The van der Waals surface area contributed by atoms with Gasteiger partial charge in [0.25, 0.3) is 0 Å². The molecule has 0 aliphatic heterocycles. The second-order valence-electron chi connectivity index (χ2n) is 3.08. The van der Waals surface area contributed by atoms with Crippen molar-refractivity contribution < 1.29 is 0 Å². The van der Waals surface area contributed by atoms with Crippen molar-refractivity contribution in [2.75, 3.05) is 0 Å². The molecule has 0 saturated heterocycles. The van der Waals surface area contributed by atoms with E-state index in [-0.39, 0.29) is 0 Å². The van der Waals surface area contributed by atoms with Gasteiger partial charge in [0.05, 0.1) is 0 Å². The van der Waals surface area contributed by atoms with Gasteiger partial charge in [-0.2, -0.15) is 0 Å². The van der Waals surface area contributed by atoms with Crippen LogP contribution in [0.25, 0.3) is 0 Å². The summed E-state index contributed by atoms with van der Waals surface area (Å²) in [6.45, 7) is 8.29. The second kappa shape index (κ2) is 6.85. The van der Waals surface area contributed by atoms with Crippen LogP contribution in [0, 0.1) is 12.8 Å². The lowest BCUT2D eigenvalue weighted by molar-refractivity contribution is 0.594. The Balaban J connectivity index is 3.02. The van der Waals surface area contributed by atoms with Crippen LogP contribution < -0.4 is 0 Å². The molecule has 0 aliphatic carbocycles. The van der Waals surface area contributed by atoms with Gasteiger partial charge in [0.1, 0.15) is 0 Å². The summed E-state index contributed by atoms with van der Waals surface area (Å²) >= 11 is 0. The van der Waals surface area contributed by atoms with Gasteiger partial charge < -0.3 is 0 Å². The van der Waals surface area contributed by atoms with Crippen LogP contribution in [-0.4, -0.2) is 0 Å². The van der Waals surface area contributed by atoms with Crippen molar-refractivity contribution in [1.82, 2.24) is 0 Å². The first-order valence-electron chi connectivity index (χ1n) is 4.21. The van der Waals surface area contributed by atoms with E-state index in [0.717, 1.165) is 18.8 Å². The van der Waals surface area contributed by atoms with E-state index < -0.39 is 0 Å². The van der Waals surface area contributed by atoms with E-state index in [1.807, 2.05) is 0 Å². The molecule has 0 fully saturated rings. The third-order valence-electron chi connectivity index (χ3n) is 1.45. The Kier molecular flexibility index (Phi) is 6.68. The van der Waals surface area contributed by atoms with E-state index >= 15 is 0 Å². The van der Waals surface area contributed by atoms with Crippen LogP contribution in [0.2, 0.25) is 0 Å². The molecule has 0 spiro atoms. The summed E-state index contributed by atoms with van der Waals surface area (Å²) in [4.78, 5) is 0. The van der Waals surface area contributed by atoms with E-state index in [0.29, 0.717) is 0 Å². The number of unbranched alkanes of at least 4 members (excludes halogenated alkanes) is 1. The van der Waals surface area contributed by atoms with E-state index in [4.69, 9.17) is 0 Å². The monoisotopic (exact) mass is 139 g/mol. The van der Waals surface area contributed by atoms with Crippen molar-refractivity contribution in [2.24, 2.45) is 5.92 Å². The van der Waals surface area contributed by atoms with Gasteiger partial charge >= 0.3 is 0 Å². The Morgan fingerprint density at radius 1 is 1.20 bits per heavy atom. The van der Waals surface area contributed by atoms with Crippen LogP contribution in [0.1, 0.15) is 39.5 Å². The molecule has 0 heterocycles.